The van der Waals surface area contributed by atoms with Crippen LogP contribution in [0.4, 0.5) is 4.69 Å². The first-order valence-electron chi connectivity index (χ1n) is 6.13. The number of hydrazone groups is 1. The monoisotopic (exact) mass is 328 g/mol. The summed E-state index contributed by atoms with van der Waals surface area (Å²) in [5, 5.41) is 4.17. The molecule has 0 aliphatic rings. The Kier molecular flexibility index (Phi) is 4.01. The fourth-order valence-electron chi connectivity index (χ4n) is 1.67. The van der Waals surface area contributed by atoms with Gasteiger partial charge in [-0.3, -0.25) is 0 Å². The molecular formula is C15H12N4Se. The summed E-state index contributed by atoms with van der Waals surface area (Å²) in [6.07, 6.45) is 3.44. The van der Waals surface area contributed by atoms with Crippen molar-refractivity contribution in [2.24, 2.45) is 5.10 Å². The summed E-state index contributed by atoms with van der Waals surface area (Å²) in [7, 11) is 0. The fraction of sp³-hybridized carbons (Fsp3) is 0. The van der Waals surface area contributed by atoms with Crippen LogP contribution in [0.2, 0.25) is 0 Å². The number of hydrogen-bond acceptors (Lipinski definition) is 4. The normalized spacial score (nSPS) is 10.8. The van der Waals surface area contributed by atoms with Crippen LogP contribution < -0.4 is 5.43 Å². The van der Waals surface area contributed by atoms with Crippen molar-refractivity contribution in [2.45, 2.75) is 0 Å². The van der Waals surface area contributed by atoms with Crippen molar-refractivity contribution in [1.29, 1.82) is 0 Å². The number of nitrogens with zero attached hydrogens (tertiary/aromatic N) is 3. The zero-order chi connectivity index (χ0) is 13.6. The van der Waals surface area contributed by atoms with Crippen molar-refractivity contribution in [3.05, 3.63) is 65.4 Å². The molecule has 0 amide bonds. The molecule has 0 bridgehead atoms. The average molecular weight is 327 g/mol. The number of rotatable bonds is 4. The Bertz CT molecular complexity index is 692. The molecule has 0 radical (unpaired) electrons. The number of anilines is 1. The molecule has 98 valence electrons. The van der Waals surface area contributed by atoms with Gasteiger partial charge in [0.2, 0.25) is 0 Å². The maximum atomic E-state index is 4.55. The molecular weight excluding hydrogens is 315 g/mol. The molecule has 20 heavy (non-hydrogen) atoms. The van der Waals surface area contributed by atoms with Gasteiger partial charge in [-0.1, -0.05) is 0 Å². The zero-order valence-corrected chi connectivity index (χ0v) is 12.3. The number of pyridine rings is 1. The Balaban J connectivity index is 1.68. The Morgan fingerprint density at radius 2 is 1.90 bits per heavy atom. The molecule has 0 aliphatic heterocycles. The van der Waals surface area contributed by atoms with Gasteiger partial charge < -0.3 is 0 Å². The standard InChI is InChI=1S/C15H12N4Se/c1-2-6-12(7-3-1)14-11-20-15(18-14)19-17-10-13-8-4-5-9-16-13/h1-11H,(H,18,19)/b17-10+. The number of hydrogen-bond donors (Lipinski definition) is 1. The summed E-state index contributed by atoms with van der Waals surface area (Å²) >= 11 is 0.201. The van der Waals surface area contributed by atoms with Crippen molar-refractivity contribution in [3.63, 3.8) is 0 Å². The SMILES string of the molecule is C(=N\Nc1nc(-c2ccccc2)c[se]1)/c1ccccn1. The predicted octanol–water partition coefficient (Wildman–Crippen LogP) is 2.65. The van der Waals surface area contributed by atoms with Gasteiger partial charge in [-0.15, -0.1) is 0 Å². The van der Waals surface area contributed by atoms with E-state index in [4.69, 9.17) is 0 Å². The second kappa shape index (κ2) is 6.28. The predicted molar refractivity (Wildman–Crippen MR) is 82.1 cm³/mol. The first-order chi connectivity index (χ1) is 9.92. The van der Waals surface area contributed by atoms with Crippen molar-refractivity contribution < 1.29 is 0 Å². The van der Waals surface area contributed by atoms with E-state index in [9.17, 15) is 0 Å². The van der Waals surface area contributed by atoms with Crippen molar-refractivity contribution >= 4 is 25.4 Å². The van der Waals surface area contributed by atoms with Gasteiger partial charge in [-0.2, -0.15) is 0 Å². The van der Waals surface area contributed by atoms with Gasteiger partial charge in [0.1, 0.15) is 0 Å². The molecule has 0 spiro atoms. The molecule has 3 rings (SSSR count). The van der Waals surface area contributed by atoms with Crippen LogP contribution in [0.25, 0.3) is 11.3 Å². The molecule has 0 aliphatic carbocycles. The summed E-state index contributed by atoms with van der Waals surface area (Å²) in [5.41, 5.74) is 5.96. The molecule has 4 nitrogen and oxygen atoms in total. The number of nitrogens with one attached hydrogen (secondary N) is 1. The Morgan fingerprint density at radius 3 is 2.70 bits per heavy atom. The number of aromatic nitrogens is 2. The zero-order valence-electron chi connectivity index (χ0n) is 10.6. The molecule has 0 atom stereocenters. The van der Waals surface area contributed by atoms with Gasteiger partial charge in [0.25, 0.3) is 0 Å². The van der Waals surface area contributed by atoms with E-state index in [0.717, 1.165) is 21.6 Å². The van der Waals surface area contributed by atoms with Crippen molar-refractivity contribution in [3.8, 4) is 11.3 Å². The molecule has 1 aromatic carbocycles. The Labute approximate surface area is 123 Å². The third kappa shape index (κ3) is 3.20. The molecule has 2 heterocycles. The summed E-state index contributed by atoms with van der Waals surface area (Å²) in [6.45, 7) is 0. The van der Waals surface area contributed by atoms with Gasteiger partial charge in [0.15, 0.2) is 0 Å². The van der Waals surface area contributed by atoms with Crippen LogP contribution >= 0.6 is 0 Å². The maximum absolute atomic E-state index is 4.55. The van der Waals surface area contributed by atoms with Crippen LogP contribution in [0.1, 0.15) is 5.69 Å². The van der Waals surface area contributed by atoms with Gasteiger partial charge in [0, 0.05) is 0 Å². The molecule has 0 fully saturated rings. The molecule has 2 aromatic heterocycles. The Morgan fingerprint density at radius 1 is 1.05 bits per heavy atom. The minimum atomic E-state index is 0.201. The second-order valence-corrected chi connectivity index (χ2v) is 5.83. The van der Waals surface area contributed by atoms with Crippen LogP contribution in [-0.4, -0.2) is 30.7 Å². The van der Waals surface area contributed by atoms with Gasteiger partial charge in [0.05, 0.1) is 0 Å². The van der Waals surface area contributed by atoms with E-state index in [1.165, 1.54) is 0 Å². The summed E-state index contributed by atoms with van der Waals surface area (Å²) < 4.78 is 0.906. The van der Waals surface area contributed by atoms with E-state index in [2.05, 4.69) is 37.6 Å². The quantitative estimate of drug-likeness (QED) is 0.455. The van der Waals surface area contributed by atoms with Crippen LogP contribution in [0, 0.1) is 0 Å². The summed E-state index contributed by atoms with van der Waals surface area (Å²) in [6, 6.07) is 15.9. The van der Waals surface area contributed by atoms with Crippen molar-refractivity contribution in [2.75, 3.05) is 5.43 Å². The van der Waals surface area contributed by atoms with Crippen LogP contribution in [0.5, 0.6) is 0 Å². The minimum absolute atomic E-state index is 0.201. The molecule has 1 N–H and O–H groups in total. The third-order valence-corrected chi connectivity index (χ3v) is 4.19. The Hall–Kier alpha value is -2.23. The molecule has 0 saturated carbocycles. The van der Waals surface area contributed by atoms with Crippen LogP contribution in [-0.2, 0) is 0 Å². The summed E-state index contributed by atoms with van der Waals surface area (Å²) in [4.78, 5) is 10.9. The van der Waals surface area contributed by atoms with Gasteiger partial charge in [-0.25, -0.2) is 0 Å². The second-order valence-electron chi connectivity index (χ2n) is 4.03. The van der Waals surface area contributed by atoms with Crippen LogP contribution in [0.15, 0.2) is 64.8 Å². The first-order valence-corrected chi connectivity index (χ1v) is 7.97. The van der Waals surface area contributed by atoms with Gasteiger partial charge in [-0.05, 0) is 0 Å². The van der Waals surface area contributed by atoms with Crippen LogP contribution in [0.3, 0.4) is 0 Å². The van der Waals surface area contributed by atoms with Gasteiger partial charge >= 0.3 is 123 Å². The van der Waals surface area contributed by atoms with E-state index < -0.39 is 0 Å². The third-order valence-electron chi connectivity index (χ3n) is 2.62. The van der Waals surface area contributed by atoms with E-state index >= 15 is 0 Å². The molecule has 3 aromatic rings. The van der Waals surface area contributed by atoms with E-state index in [1.54, 1.807) is 12.4 Å². The van der Waals surface area contributed by atoms with Crippen molar-refractivity contribution in [1.82, 2.24) is 9.97 Å². The average Bonchev–Trinajstić information content (AvgIpc) is 2.98. The molecule has 5 heteroatoms. The van der Waals surface area contributed by atoms with E-state index in [0.29, 0.717) is 0 Å². The fourth-order valence-corrected chi connectivity index (χ4v) is 3.08. The summed E-state index contributed by atoms with van der Waals surface area (Å²) in [5.74, 6) is 0. The molecule has 0 unspecified atom stereocenters. The first kappa shape index (κ1) is 12.8. The topological polar surface area (TPSA) is 50.2 Å². The number of benzene rings is 1. The van der Waals surface area contributed by atoms with E-state index in [1.807, 2.05) is 36.4 Å². The molecule has 0 saturated heterocycles. The van der Waals surface area contributed by atoms with E-state index in [-0.39, 0.29) is 14.5 Å².